The van der Waals surface area contributed by atoms with Crippen LogP contribution in [0.1, 0.15) is 31.1 Å². The average molecular weight is 374 g/mol. The molecular weight excluding hydrogens is 356 g/mol. The number of nitro benzene ring substituents is 1. The number of nitro groups is 1. The van der Waals surface area contributed by atoms with E-state index in [1.165, 1.54) is 30.5 Å². The molecule has 1 heterocycles. The van der Waals surface area contributed by atoms with Crippen LogP contribution in [-0.2, 0) is 16.1 Å². The van der Waals surface area contributed by atoms with Gasteiger partial charge in [-0.3, -0.25) is 19.7 Å². The topological polar surface area (TPSA) is 129 Å². The number of non-ortho nitro benzene ring substituents is 1. The second-order valence-electron chi connectivity index (χ2n) is 6.77. The number of ether oxygens (including phenoxy) is 1. The molecule has 1 aromatic heterocycles. The average Bonchev–Trinajstić information content (AvgIpc) is 2.54. The maximum Gasteiger partial charge on any atom is 0.341 e. The number of carboxylic acids is 1. The molecule has 0 aliphatic rings. The van der Waals surface area contributed by atoms with Gasteiger partial charge in [-0.1, -0.05) is 12.1 Å². The highest BCUT2D eigenvalue weighted by molar-refractivity contribution is 5.89. The highest BCUT2D eigenvalue weighted by Crippen LogP contribution is 2.24. The third kappa shape index (κ3) is 5.00. The van der Waals surface area contributed by atoms with E-state index in [0.29, 0.717) is 5.56 Å². The summed E-state index contributed by atoms with van der Waals surface area (Å²) in [7, 11) is 0. The van der Waals surface area contributed by atoms with Crippen molar-refractivity contribution in [1.29, 1.82) is 0 Å². The minimum absolute atomic E-state index is 0.186. The predicted molar refractivity (Wildman–Crippen MR) is 95.6 cm³/mol. The fourth-order valence-corrected chi connectivity index (χ4v) is 2.38. The Hall–Kier alpha value is -3.49. The lowest BCUT2D eigenvalue weighted by molar-refractivity contribution is -0.384. The Morgan fingerprint density at radius 1 is 1.22 bits per heavy atom. The molecule has 0 saturated carbocycles. The summed E-state index contributed by atoms with van der Waals surface area (Å²) in [4.78, 5) is 46.1. The van der Waals surface area contributed by atoms with Gasteiger partial charge in [-0.05, 0) is 38.0 Å². The van der Waals surface area contributed by atoms with E-state index in [9.17, 15) is 29.6 Å². The van der Waals surface area contributed by atoms with E-state index < -0.39 is 40.1 Å². The van der Waals surface area contributed by atoms with Crippen molar-refractivity contribution in [1.82, 2.24) is 4.57 Å². The van der Waals surface area contributed by atoms with Crippen molar-refractivity contribution < 1.29 is 24.4 Å². The first-order valence-corrected chi connectivity index (χ1v) is 7.92. The molecule has 9 heteroatoms. The summed E-state index contributed by atoms with van der Waals surface area (Å²) >= 11 is 0. The molecule has 1 aromatic carbocycles. The van der Waals surface area contributed by atoms with E-state index in [-0.39, 0.29) is 11.3 Å². The predicted octanol–water partition coefficient (Wildman–Crippen LogP) is 2.46. The first-order chi connectivity index (χ1) is 12.5. The molecule has 142 valence electrons. The quantitative estimate of drug-likeness (QED) is 0.483. The van der Waals surface area contributed by atoms with Crippen molar-refractivity contribution in [3.8, 4) is 11.1 Å². The normalized spacial score (nSPS) is 11.1. The standard InChI is InChI=1S/C18H18N2O7/c1-18(2,3)27-15(21)10-19-9-12(8-14(16(19)22)17(23)24)11-5-4-6-13(7-11)20(25)26/h4-9H,10H2,1-3H3,(H,23,24). The lowest BCUT2D eigenvalue weighted by Gasteiger charge is -2.20. The molecule has 0 aliphatic heterocycles. The molecule has 9 nitrogen and oxygen atoms in total. The van der Waals surface area contributed by atoms with E-state index in [4.69, 9.17) is 4.74 Å². The number of rotatable bonds is 5. The summed E-state index contributed by atoms with van der Waals surface area (Å²) in [6.07, 6.45) is 1.28. The first-order valence-electron chi connectivity index (χ1n) is 7.92. The van der Waals surface area contributed by atoms with Crippen LogP contribution in [0.25, 0.3) is 11.1 Å². The van der Waals surface area contributed by atoms with Gasteiger partial charge in [0.15, 0.2) is 0 Å². The zero-order valence-corrected chi connectivity index (χ0v) is 15.0. The summed E-state index contributed by atoms with van der Waals surface area (Å²) in [5.74, 6) is -2.18. The molecule has 2 aromatic rings. The number of aromatic nitrogens is 1. The number of carboxylic acid groups (broad SMARTS) is 1. The lowest BCUT2D eigenvalue weighted by Crippen LogP contribution is -2.32. The van der Waals surface area contributed by atoms with E-state index >= 15 is 0 Å². The van der Waals surface area contributed by atoms with Crippen molar-refractivity contribution >= 4 is 17.6 Å². The first kappa shape index (κ1) is 19.8. The van der Waals surface area contributed by atoms with Crippen LogP contribution in [0, 0.1) is 10.1 Å². The summed E-state index contributed by atoms with van der Waals surface area (Å²) in [5.41, 5.74) is -1.79. The Labute approximate surface area is 154 Å². The fraction of sp³-hybridized carbons (Fsp3) is 0.278. The minimum atomic E-state index is -1.47. The largest absolute Gasteiger partial charge is 0.477 e. The van der Waals surface area contributed by atoms with Crippen LogP contribution in [0.4, 0.5) is 5.69 Å². The van der Waals surface area contributed by atoms with Gasteiger partial charge in [-0.15, -0.1) is 0 Å². The Balaban J connectivity index is 2.54. The Morgan fingerprint density at radius 3 is 2.44 bits per heavy atom. The minimum Gasteiger partial charge on any atom is -0.477 e. The van der Waals surface area contributed by atoms with Gasteiger partial charge in [0.05, 0.1) is 4.92 Å². The Bertz CT molecular complexity index is 970. The zero-order chi connectivity index (χ0) is 20.4. The molecule has 0 atom stereocenters. The molecule has 0 saturated heterocycles. The number of pyridine rings is 1. The van der Waals surface area contributed by atoms with Crippen LogP contribution in [0.15, 0.2) is 41.3 Å². The molecule has 0 unspecified atom stereocenters. The van der Waals surface area contributed by atoms with Gasteiger partial charge in [-0.25, -0.2) is 4.79 Å². The maximum atomic E-state index is 12.3. The van der Waals surface area contributed by atoms with Gasteiger partial charge in [0.25, 0.3) is 11.2 Å². The van der Waals surface area contributed by atoms with Crippen LogP contribution in [-0.4, -0.2) is 32.1 Å². The van der Waals surface area contributed by atoms with Gasteiger partial charge in [0.2, 0.25) is 0 Å². The molecule has 0 aliphatic carbocycles. The summed E-state index contributed by atoms with van der Waals surface area (Å²) in [5, 5.41) is 20.2. The molecule has 2 rings (SSSR count). The molecular formula is C18H18N2O7. The number of esters is 1. The van der Waals surface area contributed by atoms with E-state index in [1.54, 1.807) is 20.8 Å². The zero-order valence-electron chi connectivity index (χ0n) is 15.0. The van der Waals surface area contributed by atoms with Crippen molar-refractivity contribution in [2.24, 2.45) is 0 Å². The third-order valence-corrected chi connectivity index (χ3v) is 3.43. The van der Waals surface area contributed by atoms with Gasteiger partial charge < -0.3 is 14.4 Å². The number of benzene rings is 1. The summed E-state index contributed by atoms with van der Waals surface area (Å²) in [6, 6.07) is 6.64. The fourth-order valence-electron chi connectivity index (χ4n) is 2.38. The Morgan fingerprint density at radius 2 is 1.89 bits per heavy atom. The van der Waals surface area contributed by atoms with Gasteiger partial charge in [0.1, 0.15) is 17.7 Å². The number of carbonyl (C=O) groups excluding carboxylic acids is 1. The molecule has 0 bridgehead atoms. The second-order valence-corrected chi connectivity index (χ2v) is 6.77. The number of aromatic carboxylic acids is 1. The van der Waals surface area contributed by atoms with Crippen LogP contribution < -0.4 is 5.56 Å². The van der Waals surface area contributed by atoms with Crippen molar-refractivity contribution in [2.75, 3.05) is 0 Å². The van der Waals surface area contributed by atoms with Crippen LogP contribution in [0.3, 0.4) is 0 Å². The molecule has 27 heavy (non-hydrogen) atoms. The van der Waals surface area contributed by atoms with Crippen molar-refractivity contribution in [3.63, 3.8) is 0 Å². The highest BCUT2D eigenvalue weighted by atomic mass is 16.6. The van der Waals surface area contributed by atoms with Crippen molar-refractivity contribution in [2.45, 2.75) is 32.9 Å². The molecule has 0 amide bonds. The van der Waals surface area contributed by atoms with E-state index in [1.807, 2.05) is 0 Å². The highest BCUT2D eigenvalue weighted by Gasteiger charge is 2.20. The number of carbonyl (C=O) groups is 2. The van der Waals surface area contributed by atoms with Crippen molar-refractivity contribution in [3.05, 3.63) is 62.6 Å². The molecule has 0 radical (unpaired) electrons. The SMILES string of the molecule is CC(C)(C)OC(=O)Cn1cc(-c2cccc([N+](=O)[O-])c2)cc(C(=O)O)c1=O. The van der Waals surface area contributed by atoms with Crippen LogP contribution in [0.2, 0.25) is 0 Å². The number of hydrogen-bond donors (Lipinski definition) is 1. The summed E-state index contributed by atoms with van der Waals surface area (Å²) < 4.78 is 6.08. The number of hydrogen-bond acceptors (Lipinski definition) is 6. The Kier molecular flexibility index (Phi) is 5.44. The number of nitrogens with zero attached hydrogens (tertiary/aromatic N) is 2. The second kappa shape index (κ2) is 7.40. The molecule has 1 N–H and O–H groups in total. The lowest BCUT2D eigenvalue weighted by atomic mass is 10.0. The van der Waals surface area contributed by atoms with E-state index in [2.05, 4.69) is 0 Å². The molecule has 0 spiro atoms. The van der Waals surface area contributed by atoms with Gasteiger partial charge in [0, 0.05) is 18.3 Å². The van der Waals surface area contributed by atoms with E-state index in [0.717, 1.165) is 10.6 Å². The van der Waals surface area contributed by atoms with Gasteiger partial charge >= 0.3 is 11.9 Å². The van der Waals surface area contributed by atoms with Gasteiger partial charge in [-0.2, -0.15) is 0 Å². The summed E-state index contributed by atoms with van der Waals surface area (Å²) in [6.45, 7) is 4.50. The monoisotopic (exact) mass is 374 g/mol. The molecule has 0 fully saturated rings. The smallest absolute Gasteiger partial charge is 0.341 e. The maximum absolute atomic E-state index is 12.3. The third-order valence-electron chi connectivity index (χ3n) is 3.43. The van der Waals surface area contributed by atoms with Crippen LogP contribution in [0.5, 0.6) is 0 Å². The van der Waals surface area contributed by atoms with Crippen LogP contribution >= 0.6 is 0 Å².